The zero-order valence-corrected chi connectivity index (χ0v) is 20.2. The molecular weight excluding hydrogens is 546 g/mol. The van der Waals surface area contributed by atoms with Crippen LogP contribution >= 0.6 is 23.5 Å². The van der Waals surface area contributed by atoms with E-state index >= 15 is 17.6 Å². The molecule has 37 heavy (non-hydrogen) atoms. The van der Waals surface area contributed by atoms with Crippen LogP contribution in [0.25, 0.3) is 11.1 Å². The molecule has 2 aromatic rings. The van der Waals surface area contributed by atoms with Gasteiger partial charge in [-0.05, 0) is 48.3 Å². The highest BCUT2D eigenvalue weighted by Crippen LogP contribution is 2.78. The maximum absolute atomic E-state index is 15.5. The first kappa shape index (κ1) is 24.3. The smallest absolute Gasteiger partial charge is 0.258 e. The Morgan fingerprint density at radius 3 is 1.32 bits per heavy atom. The molecule has 2 heterocycles. The normalized spacial score (nSPS) is 29.4. The predicted octanol–water partition coefficient (Wildman–Crippen LogP) is 7.37. The predicted molar refractivity (Wildman–Crippen MR) is 123 cm³/mol. The molecule has 6 rings (SSSR count). The minimum absolute atomic E-state index is 0.0680. The van der Waals surface area contributed by atoms with Gasteiger partial charge < -0.3 is 0 Å². The molecule has 4 aliphatic rings. The lowest BCUT2D eigenvalue weighted by atomic mass is 9.68. The van der Waals surface area contributed by atoms with E-state index in [9.17, 15) is 29.0 Å². The van der Waals surface area contributed by atoms with Crippen molar-refractivity contribution in [3.63, 3.8) is 0 Å². The van der Waals surface area contributed by atoms with E-state index < -0.39 is 59.4 Å². The fourth-order valence-electron chi connectivity index (χ4n) is 5.69. The summed E-state index contributed by atoms with van der Waals surface area (Å²) in [5.74, 6) is -16.3. The minimum Gasteiger partial charge on any atom is -0.258 e. The van der Waals surface area contributed by atoms with Crippen molar-refractivity contribution < 1.29 is 36.2 Å². The van der Waals surface area contributed by atoms with Gasteiger partial charge in [-0.2, -0.15) is 26.3 Å². The molecular formula is C23H12F6N2O4S2. The van der Waals surface area contributed by atoms with Crippen molar-refractivity contribution in [2.24, 2.45) is 0 Å². The summed E-state index contributed by atoms with van der Waals surface area (Å²) in [7, 11) is 0. The summed E-state index contributed by atoms with van der Waals surface area (Å²) in [6.45, 7) is 2.89. The fourth-order valence-corrected chi connectivity index (χ4v) is 8.97. The van der Waals surface area contributed by atoms with E-state index in [4.69, 9.17) is 0 Å². The van der Waals surface area contributed by atoms with Crippen LogP contribution in [0, 0.1) is 20.2 Å². The van der Waals surface area contributed by atoms with Crippen molar-refractivity contribution in [3.8, 4) is 0 Å². The minimum atomic E-state index is -5.76. The molecule has 192 valence electrons. The van der Waals surface area contributed by atoms with Crippen molar-refractivity contribution in [3.05, 3.63) is 78.9 Å². The first-order valence-corrected chi connectivity index (χ1v) is 12.2. The molecule has 0 bridgehead atoms. The molecule has 2 aliphatic carbocycles. The molecule has 1 fully saturated rings. The van der Waals surface area contributed by atoms with Crippen molar-refractivity contribution >= 4 is 46.0 Å². The summed E-state index contributed by atoms with van der Waals surface area (Å²) in [6, 6.07) is 6.43. The Kier molecular flexibility index (Phi) is 4.41. The number of alkyl halides is 6. The van der Waals surface area contributed by atoms with Gasteiger partial charge in [-0.1, -0.05) is 0 Å². The summed E-state index contributed by atoms with van der Waals surface area (Å²) >= 11 is 1.77. The summed E-state index contributed by atoms with van der Waals surface area (Å²) in [6.07, 6.45) is 0. The highest BCUT2D eigenvalue weighted by Gasteiger charge is 2.84. The molecule has 0 aromatic heterocycles. The topological polar surface area (TPSA) is 86.3 Å². The molecule has 6 nitrogen and oxygen atoms in total. The largest absolute Gasteiger partial charge is 0.380 e. The highest BCUT2D eigenvalue weighted by atomic mass is 32.2. The van der Waals surface area contributed by atoms with Gasteiger partial charge in [-0.3, -0.25) is 20.2 Å². The Balaban J connectivity index is 1.77. The standard InChI is InChI=1S/C23H12F6N2O4S2/c1-19-15(11-5-3-9(30(32)33)7-13(11)36-19)17-18(22(26,27)23(28,29)21(17,24)25)16-12-6-4-10(31(34)35)8-14(12)37-20(16,19)2/h3-8H,1-2H3. The van der Waals surface area contributed by atoms with Crippen molar-refractivity contribution in [1.82, 2.24) is 0 Å². The van der Waals surface area contributed by atoms with Gasteiger partial charge >= 0.3 is 17.8 Å². The van der Waals surface area contributed by atoms with Crippen LogP contribution in [0.15, 0.2) is 57.3 Å². The number of allylic oxidation sites excluding steroid dienone is 2. The van der Waals surface area contributed by atoms with Gasteiger partial charge in [0.25, 0.3) is 11.4 Å². The maximum Gasteiger partial charge on any atom is 0.380 e. The fraction of sp³-hybridized carbons (Fsp3) is 0.304. The van der Waals surface area contributed by atoms with Crippen LogP contribution in [0.2, 0.25) is 0 Å². The van der Waals surface area contributed by atoms with E-state index in [0.29, 0.717) is 0 Å². The molecule has 0 spiro atoms. The number of rotatable bonds is 2. The third-order valence-electron chi connectivity index (χ3n) is 7.55. The van der Waals surface area contributed by atoms with E-state index in [0.717, 1.165) is 59.9 Å². The van der Waals surface area contributed by atoms with Crippen LogP contribution < -0.4 is 0 Å². The van der Waals surface area contributed by atoms with Crippen molar-refractivity contribution in [1.29, 1.82) is 0 Å². The van der Waals surface area contributed by atoms with Gasteiger partial charge in [-0.15, -0.1) is 23.5 Å². The van der Waals surface area contributed by atoms with Gasteiger partial charge in [0.05, 0.1) is 19.3 Å². The number of benzene rings is 2. The van der Waals surface area contributed by atoms with E-state index in [1.807, 2.05) is 0 Å². The number of halogens is 6. The Morgan fingerprint density at radius 2 is 1.00 bits per heavy atom. The Morgan fingerprint density at radius 1 is 0.649 bits per heavy atom. The van der Waals surface area contributed by atoms with Crippen LogP contribution in [0.4, 0.5) is 37.7 Å². The van der Waals surface area contributed by atoms with Crippen molar-refractivity contribution in [2.45, 2.75) is 50.9 Å². The number of thioether (sulfide) groups is 2. The first-order chi connectivity index (χ1) is 17.0. The SMILES string of the molecule is CC12Sc3cc([N+](=O)[O-])ccc3C1=C1C(=C3c4ccc([N+](=O)[O-])cc4SC32C)C(F)(F)C(F)(F)C1(F)F. The lowest BCUT2D eigenvalue weighted by molar-refractivity contribution is -0.385. The summed E-state index contributed by atoms with van der Waals surface area (Å²) in [5, 5.41) is 22.7. The number of hydrogen-bond donors (Lipinski definition) is 0. The number of non-ortho nitro benzene ring substituents is 2. The van der Waals surface area contributed by atoms with Gasteiger partial charge in [0.2, 0.25) is 0 Å². The molecule has 2 aromatic carbocycles. The summed E-state index contributed by atoms with van der Waals surface area (Å²) in [4.78, 5) is 21.4. The maximum atomic E-state index is 15.5. The Hall–Kier alpha value is -3.00. The summed E-state index contributed by atoms with van der Waals surface area (Å²) in [5.41, 5.74) is -4.79. The van der Waals surface area contributed by atoms with Gasteiger partial charge in [-0.25, -0.2) is 0 Å². The van der Waals surface area contributed by atoms with Crippen LogP contribution in [0.3, 0.4) is 0 Å². The van der Waals surface area contributed by atoms with E-state index in [2.05, 4.69) is 0 Å². The van der Waals surface area contributed by atoms with Gasteiger partial charge in [0, 0.05) is 45.2 Å². The second-order valence-corrected chi connectivity index (χ2v) is 12.3. The molecule has 14 heteroatoms. The van der Waals surface area contributed by atoms with Crippen LogP contribution in [-0.4, -0.2) is 37.1 Å². The third-order valence-corrected chi connectivity index (χ3v) is 10.8. The lowest BCUT2D eigenvalue weighted by Crippen LogP contribution is -2.47. The second kappa shape index (κ2) is 6.70. The number of nitro groups is 2. The van der Waals surface area contributed by atoms with Crippen LogP contribution in [-0.2, 0) is 0 Å². The van der Waals surface area contributed by atoms with Gasteiger partial charge in [0.1, 0.15) is 0 Å². The number of nitrogens with zero attached hydrogens (tertiary/aromatic N) is 2. The molecule has 2 atom stereocenters. The van der Waals surface area contributed by atoms with Gasteiger partial charge in [0.15, 0.2) is 0 Å². The quantitative estimate of drug-likeness (QED) is 0.217. The molecule has 0 saturated heterocycles. The van der Waals surface area contributed by atoms with E-state index in [-0.39, 0.29) is 32.3 Å². The molecule has 2 aliphatic heterocycles. The van der Waals surface area contributed by atoms with E-state index in [1.165, 1.54) is 13.8 Å². The molecule has 0 N–H and O–H groups in total. The van der Waals surface area contributed by atoms with Crippen LogP contribution in [0.1, 0.15) is 25.0 Å². The zero-order chi connectivity index (χ0) is 27.1. The summed E-state index contributed by atoms with van der Waals surface area (Å²) < 4.78 is 88.5. The average Bonchev–Trinajstić information content (AvgIpc) is 3.31. The monoisotopic (exact) mass is 558 g/mol. The molecule has 0 amide bonds. The number of hydrogen-bond acceptors (Lipinski definition) is 6. The van der Waals surface area contributed by atoms with E-state index in [1.54, 1.807) is 0 Å². The lowest BCUT2D eigenvalue weighted by Gasteiger charge is -2.47. The molecule has 2 unspecified atom stereocenters. The second-order valence-electron chi connectivity index (χ2n) is 9.37. The first-order valence-electron chi connectivity index (χ1n) is 10.6. The van der Waals surface area contributed by atoms with Crippen LogP contribution in [0.5, 0.6) is 0 Å². The third kappa shape index (κ3) is 2.53. The highest BCUT2D eigenvalue weighted by molar-refractivity contribution is 8.06. The van der Waals surface area contributed by atoms with Crippen molar-refractivity contribution in [2.75, 3.05) is 0 Å². The Labute approximate surface area is 212 Å². The number of nitro benzene ring substituents is 2. The molecule has 1 saturated carbocycles. The average molecular weight is 558 g/mol. The number of fused-ring (bicyclic) bond motifs is 8. The molecule has 0 radical (unpaired) electrons. The Bertz CT molecular complexity index is 1460. The zero-order valence-electron chi connectivity index (χ0n) is 18.6.